The van der Waals surface area contributed by atoms with E-state index in [0.717, 1.165) is 37.4 Å². The molecule has 2 N–H and O–H groups in total. The summed E-state index contributed by atoms with van der Waals surface area (Å²) >= 11 is 6.11. The van der Waals surface area contributed by atoms with Crippen molar-refractivity contribution in [3.63, 3.8) is 0 Å². The van der Waals surface area contributed by atoms with Crippen LogP contribution in [0.2, 0.25) is 5.02 Å². The van der Waals surface area contributed by atoms with Crippen molar-refractivity contribution < 1.29 is 9.59 Å². The van der Waals surface area contributed by atoms with E-state index < -0.39 is 0 Å². The molecule has 0 radical (unpaired) electrons. The quantitative estimate of drug-likeness (QED) is 0.668. The summed E-state index contributed by atoms with van der Waals surface area (Å²) in [4.78, 5) is 28.9. The van der Waals surface area contributed by atoms with E-state index in [1.165, 1.54) is 0 Å². The normalized spacial score (nSPS) is 14.4. The maximum atomic E-state index is 12.4. The molecule has 2 aromatic rings. The molecule has 1 heterocycles. The van der Waals surface area contributed by atoms with Crippen molar-refractivity contribution >= 4 is 40.6 Å². The zero-order valence-corrected chi connectivity index (χ0v) is 19.4. The molecule has 0 unspecified atom stereocenters. The third kappa shape index (κ3) is 6.62. The molecule has 31 heavy (non-hydrogen) atoms. The summed E-state index contributed by atoms with van der Waals surface area (Å²) in [5, 5.41) is 6.23. The van der Waals surface area contributed by atoms with Crippen molar-refractivity contribution in [1.29, 1.82) is 0 Å². The predicted molar refractivity (Wildman–Crippen MR) is 128 cm³/mol. The van der Waals surface area contributed by atoms with Crippen LogP contribution in [0.1, 0.15) is 32.8 Å². The number of urea groups is 1. The van der Waals surface area contributed by atoms with Gasteiger partial charge in [-0.25, -0.2) is 4.79 Å². The van der Waals surface area contributed by atoms with Gasteiger partial charge in [-0.1, -0.05) is 38.4 Å². The summed E-state index contributed by atoms with van der Waals surface area (Å²) in [7, 11) is 0. The molecule has 0 aliphatic carbocycles. The van der Waals surface area contributed by atoms with Gasteiger partial charge in [0, 0.05) is 54.7 Å². The number of amides is 3. The van der Waals surface area contributed by atoms with Gasteiger partial charge >= 0.3 is 6.03 Å². The first-order valence-electron chi connectivity index (χ1n) is 10.6. The molecule has 0 saturated carbocycles. The number of nitrogens with one attached hydrogen (secondary N) is 2. The van der Waals surface area contributed by atoms with E-state index in [4.69, 9.17) is 11.6 Å². The number of benzene rings is 2. The van der Waals surface area contributed by atoms with Gasteiger partial charge in [-0.15, -0.1) is 0 Å². The van der Waals surface area contributed by atoms with Gasteiger partial charge in [-0.3, -0.25) is 4.79 Å². The Morgan fingerprint density at radius 2 is 1.52 bits per heavy atom. The Bertz CT molecular complexity index is 930. The van der Waals surface area contributed by atoms with Gasteiger partial charge in [0.25, 0.3) is 0 Å². The first-order valence-corrected chi connectivity index (χ1v) is 11.0. The minimum atomic E-state index is -0.321. The molecule has 3 rings (SSSR count). The van der Waals surface area contributed by atoms with E-state index in [0.29, 0.717) is 22.8 Å². The van der Waals surface area contributed by atoms with Crippen molar-refractivity contribution in [2.45, 2.75) is 34.1 Å². The highest BCUT2D eigenvalue weighted by Gasteiger charge is 2.24. The molecule has 3 amide bonds. The number of carbonyl (C=O) groups excluding carboxylic acids is 2. The second-order valence-electron chi connectivity index (χ2n) is 9.20. The van der Waals surface area contributed by atoms with Crippen LogP contribution in [0.3, 0.4) is 0 Å². The topological polar surface area (TPSA) is 64.7 Å². The molecule has 0 atom stereocenters. The van der Waals surface area contributed by atoms with E-state index in [9.17, 15) is 9.59 Å². The molecule has 2 aromatic carbocycles. The smallest absolute Gasteiger partial charge is 0.323 e. The molecule has 1 fully saturated rings. The van der Waals surface area contributed by atoms with E-state index >= 15 is 0 Å². The maximum Gasteiger partial charge on any atom is 0.323 e. The van der Waals surface area contributed by atoms with Crippen LogP contribution in [0.5, 0.6) is 0 Å². The molecular weight excluding hydrogens is 412 g/mol. The van der Waals surface area contributed by atoms with E-state index in [-0.39, 0.29) is 17.4 Å². The van der Waals surface area contributed by atoms with E-state index in [1.807, 2.05) is 48.2 Å². The molecular formula is C24H31ClN4O2. The van der Waals surface area contributed by atoms with Gasteiger partial charge in [0.1, 0.15) is 0 Å². The van der Waals surface area contributed by atoms with Crippen molar-refractivity contribution in [1.82, 2.24) is 4.90 Å². The lowest BCUT2D eigenvalue weighted by Crippen LogP contribution is -2.49. The van der Waals surface area contributed by atoms with Crippen molar-refractivity contribution in [3.8, 4) is 0 Å². The summed E-state index contributed by atoms with van der Waals surface area (Å²) in [5.74, 6) is 0.229. The van der Waals surface area contributed by atoms with Crippen LogP contribution in [-0.2, 0) is 4.79 Å². The molecule has 1 saturated heterocycles. The highest BCUT2D eigenvalue weighted by Crippen LogP contribution is 2.23. The van der Waals surface area contributed by atoms with Crippen LogP contribution >= 0.6 is 11.6 Å². The number of hydrogen-bond acceptors (Lipinski definition) is 3. The SMILES string of the molecule is Cc1ccc(NC(=O)Nc2ccc(N3CCN(C(=O)CC(C)(C)C)CC3)cc2)cc1Cl. The van der Waals surface area contributed by atoms with Gasteiger partial charge < -0.3 is 20.4 Å². The van der Waals surface area contributed by atoms with Crippen LogP contribution in [0.15, 0.2) is 42.5 Å². The number of nitrogens with zero attached hydrogens (tertiary/aromatic N) is 2. The van der Waals surface area contributed by atoms with E-state index in [2.05, 4.69) is 36.3 Å². The lowest BCUT2D eigenvalue weighted by atomic mass is 9.91. The standard InChI is InChI=1S/C24H31ClN4O2/c1-17-5-6-19(15-21(17)25)27-23(31)26-18-7-9-20(10-8-18)28-11-13-29(14-12-28)22(30)16-24(2,3)4/h5-10,15H,11-14,16H2,1-4H3,(H2,26,27,31). The molecule has 0 bridgehead atoms. The van der Waals surface area contributed by atoms with Gasteiger partial charge in [0.15, 0.2) is 0 Å². The Labute approximate surface area is 189 Å². The van der Waals surface area contributed by atoms with Crippen LogP contribution in [0.25, 0.3) is 0 Å². The largest absolute Gasteiger partial charge is 0.368 e. The number of hydrogen-bond donors (Lipinski definition) is 2. The molecule has 1 aliphatic rings. The molecule has 0 aromatic heterocycles. The Morgan fingerprint density at radius 3 is 2.10 bits per heavy atom. The Hall–Kier alpha value is -2.73. The van der Waals surface area contributed by atoms with E-state index in [1.54, 1.807) is 6.07 Å². The third-order valence-electron chi connectivity index (χ3n) is 5.23. The summed E-state index contributed by atoms with van der Waals surface area (Å²) in [6, 6.07) is 12.8. The third-order valence-corrected chi connectivity index (χ3v) is 5.64. The number of aryl methyl sites for hydroxylation is 1. The van der Waals surface area contributed by atoms with Gasteiger partial charge in [-0.2, -0.15) is 0 Å². The van der Waals surface area contributed by atoms with Gasteiger partial charge in [-0.05, 0) is 54.3 Å². The molecule has 0 spiro atoms. The summed E-state index contributed by atoms with van der Waals surface area (Å²) in [6.45, 7) is 11.3. The fraction of sp³-hybridized carbons (Fsp3) is 0.417. The average Bonchev–Trinajstić information content (AvgIpc) is 2.70. The van der Waals surface area contributed by atoms with Crippen LogP contribution in [0.4, 0.5) is 21.9 Å². The fourth-order valence-electron chi connectivity index (χ4n) is 3.50. The zero-order chi connectivity index (χ0) is 22.6. The van der Waals surface area contributed by atoms with Gasteiger partial charge in [0.05, 0.1) is 0 Å². The summed E-state index contributed by atoms with van der Waals surface area (Å²) < 4.78 is 0. The lowest BCUT2D eigenvalue weighted by molar-refractivity contribution is -0.133. The Morgan fingerprint density at radius 1 is 0.935 bits per heavy atom. The number of rotatable bonds is 4. The minimum Gasteiger partial charge on any atom is -0.368 e. The first kappa shape index (κ1) is 22.9. The second-order valence-corrected chi connectivity index (χ2v) is 9.60. The highest BCUT2D eigenvalue weighted by atomic mass is 35.5. The monoisotopic (exact) mass is 442 g/mol. The maximum absolute atomic E-state index is 12.4. The Kier molecular flexibility index (Phi) is 7.11. The highest BCUT2D eigenvalue weighted by molar-refractivity contribution is 6.31. The molecule has 1 aliphatic heterocycles. The van der Waals surface area contributed by atoms with Crippen LogP contribution in [0, 0.1) is 12.3 Å². The molecule has 6 nitrogen and oxygen atoms in total. The summed E-state index contributed by atoms with van der Waals surface area (Å²) in [6.07, 6.45) is 0.574. The number of carbonyl (C=O) groups is 2. The lowest BCUT2D eigenvalue weighted by Gasteiger charge is -2.37. The van der Waals surface area contributed by atoms with Crippen molar-refractivity contribution in [2.24, 2.45) is 5.41 Å². The minimum absolute atomic E-state index is 0.00898. The fourth-order valence-corrected chi connectivity index (χ4v) is 3.68. The second kappa shape index (κ2) is 9.60. The predicted octanol–water partition coefficient (Wildman–Crippen LogP) is 5.38. The molecule has 7 heteroatoms. The van der Waals surface area contributed by atoms with Crippen LogP contribution in [-0.4, -0.2) is 43.0 Å². The number of anilines is 3. The number of piperazine rings is 1. The molecule has 166 valence electrons. The van der Waals surface area contributed by atoms with Crippen LogP contribution < -0.4 is 15.5 Å². The Balaban J connectivity index is 1.50. The summed E-state index contributed by atoms with van der Waals surface area (Å²) in [5.41, 5.74) is 3.40. The van der Waals surface area contributed by atoms with Gasteiger partial charge in [0.2, 0.25) is 5.91 Å². The zero-order valence-electron chi connectivity index (χ0n) is 18.7. The number of halogens is 1. The average molecular weight is 443 g/mol. The van der Waals surface area contributed by atoms with Crippen molar-refractivity contribution in [3.05, 3.63) is 53.1 Å². The first-order chi connectivity index (χ1) is 14.6. The van der Waals surface area contributed by atoms with Crippen molar-refractivity contribution in [2.75, 3.05) is 41.7 Å².